The van der Waals surface area contributed by atoms with E-state index in [9.17, 15) is 19.5 Å². The minimum absolute atomic E-state index is 0.0848. The summed E-state index contributed by atoms with van der Waals surface area (Å²) in [5, 5.41) is 28.9. The average molecular weight is 518 g/mol. The van der Waals surface area contributed by atoms with Gasteiger partial charge in [0.1, 0.15) is 6.04 Å². The zero-order chi connectivity index (χ0) is 27.0. The minimum Gasteiger partial charge on any atom is -0.480 e. The Labute approximate surface area is 219 Å². The summed E-state index contributed by atoms with van der Waals surface area (Å²) in [4.78, 5) is 40.6. The average Bonchev–Trinajstić information content (AvgIpc) is 3.15. The number of aliphatic hydroxyl groups excluding tert-OH is 1. The number of fused-ring (bicyclic) bond motifs is 5. The van der Waals surface area contributed by atoms with E-state index >= 15 is 0 Å². The Morgan fingerprint density at radius 3 is 2.54 bits per heavy atom. The number of carbonyl (C=O) groups is 3. The first-order valence-electron chi connectivity index (χ1n) is 13.8. The van der Waals surface area contributed by atoms with E-state index in [0.717, 1.165) is 50.7 Å². The summed E-state index contributed by atoms with van der Waals surface area (Å²) in [5.74, 6) is -0.492. The fourth-order valence-corrected chi connectivity index (χ4v) is 7.76. The molecule has 0 aromatic rings. The molecule has 0 aromatic carbocycles. The van der Waals surface area contributed by atoms with Gasteiger partial charge in [0.15, 0.2) is 6.61 Å². The van der Waals surface area contributed by atoms with Crippen LogP contribution in [-0.4, -0.2) is 59.0 Å². The van der Waals surface area contributed by atoms with Gasteiger partial charge >= 0.3 is 5.97 Å². The molecule has 4 rings (SSSR count). The lowest BCUT2D eigenvalue weighted by atomic mass is 9.47. The van der Waals surface area contributed by atoms with Gasteiger partial charge in [-0.2, -0.15) is 0 Å². The summed E-state index contributed by atoms with van der Waals surface area (Å²) in [5.41, 5.74) is 2.52. The second-order valence-electron chi connectivity index (χ2n) is 12.4. The van der Waals surface area contributed by atoms with Crippen molar-refractivity contribution in [2.75, 3.05) is 13.2 Å². The Kier molecular flexibility index (Phi) is 8.02. The number of carboxylic acid groups (broad SMARTS) is 1. The number of oxime groups is 1. The predicted octanol–water partition coefficient (Wildman–Crippen LogP) is 3.02. The van der Waals surface area contributed by atoms with Gasteiger partial charge in [0.25, 0.3) is 5.91 Å². The van der Waals surface area contributed by atoms with Gasteiger partial charge < -0.3 is 25.7 Å². The number of hydrogen-bond donors (Lipinski definition) is 4. The van der Waals surface area contributed by atoms with Crippen LogP contribution in [0.25, 0.3) is 0 Å². The van der Waals surface area contributed by atoms with E-state index in [-0.39, 0.29) is 36.0 Å². The van der Waals surface area contributed by atoms with Crippen LogP contribution in [0, 0.1) is 34.5 Å². The maximum atomic E-state index is 12.1. The third-order valence-corrected chi connectivity index (χ3v) is 10.0. The predicted molar refractivity (Wildman–Crippen MR) is 139 cm³/mol. The van der Waals surface area contributed by atoms with Crippen LogP contribution in [0.2, 0.25) is 0 Å². The third-order valence-electron chi connectivity index (χ3n) is 10.0. The van der Waals surface area contributed by atoms with Gasteiger partial charge in [0.2, 0.25) is 5.91 Å². The first-order chi connectivity index (χ1) is 17.5. The first kappa shape index (κ1) is 27.6. The van der Waals surface area contributed by atoms with Crippen molar-refractivity contribution in [2.24, 2.45) is 39.7 Å². The van der Waals surface area contributed by atoms with Crippen molar-refractivity contribution in [1.82, 2.24) is 10.6 Å². The maximum Gasteiger partial charge on any atom is 0.326 e. The maximum absolute atomic E-state index is 12.1. The lowest BCUT2D eigenvalue weighted by Gasteiger charge is -2.57. The topological polar surface area (TPSA) is 137 Å². The highest BCUT2D eigenvalue weighted by Gasteiger charge is 2.58. The Bertz CT molecular complexity index is 977. The van der Waals surface area contributed by atoms with Crippen LogP contribution in [0.3, 0.4) is 0 Å². The molecule has 4 aliphatic rings. The molecule has 2 amide bonds. The zero-order valence-corrected chi connectivity index (χ0v) is 22.6. The molecule has 7 atom stereocenters. The van der Waals surface area contributed by atoms with Crippen LogP contribution in [0.4, 0.5) is 0 Å². The van der Waals surface area contributed by atoms with E-state index in [1.807, 2.05) is 0 Å². The van der Waals surface area contributed by atoms with Gasteiger partial charge in [-0.3, -0.25) is 9.59 Å². The van der Waals surface area contributed by atoms with Gasteiger partial charge in [-0.1, -0.05) is 38.4 Å². The number of rotatable bonds is 8. The van der Waals surface area contributed by atoms with Crippen molar-refractivity contribution in [3.05, 3.63) is 11.6 Å². The Hall–Kier alpha value is -2.42. The van der Waals surface area contributed by atoms with Crippen LogP contribution < -0.4 is 10.6 Å². The quantitative estimate of drug-likeness (QED) is 0.365. The zero-order valence-electron chi connectivity index (χ0n) is 22.6. The van der Waals surface area contributed by atoms with Crippen molar-refractivity contribution in [2.45, 2.75) is 91.2 Å². The molecule has 0 spiro atoms. The lowest BCUT2D eigenvalue weighted by molar-refractivity contribution is -0.143. The monoisotopic (exact) mass is 517 g/mol. The molecule has 0 radical (unpaired) electrons. The SMILES string of the molecule is CC(C)[C@@H](NC(=O)CNC(=O)CO/N=C1\C=C2CC[C@H]3[C@H]4CC[C@@H](O)[C@@]4(C)CC[C@H]3[C@@]2(C)CC1)C(=O)O. The number of allylic oxidation sites excluding steroid dienone is 2. The molecule has 0 aliphatic heterocycles. The summed E-state index contributed by atoms with van der Waals surface area (Å²) < 4.78 is 0. The second-order valence-corrected chi connectivity index (χ2v) is 12.4. The van der Waals surface area contributed by atoms with E-state index in [4.69, 9.17) is 9.94 Å². The fraction of sp³-hybridized carbons (Fsp3) is 0.786. The molecule has 37 heavy (non-hydrogen) atoms. The number of nitrogens with zero attached hydrogens (tertiary/aromatic N) is 1. The summed E-state index contributed by atoms with van der Waals surface area (Å²) in [6.07, 6.45) is 10.4. The molecule has 3 fully saturated rings. The molecule has 0 bridgehead atoms. The van der Waals surface area contributed by atoms with Crippen LogP contribution >= 0.6 is 0 Å². The van der Waals surface area contributed by atoms with Crippen LogP contribution in [0.15, 0.2) is 16.8 Å². The molecule has 4 aliphatic carbocycles. The van der Waals surface area contributed by atoms with Crippen molar-refractivity contribution in [3.63, 3.8) is 0 Å². The highest BCUT2D eigenvalue weighted by molar-refractivity contribution is 5.96. The highest BCUT2D eigenvalue weighted by atomic mass is 16.6. The molecule has 3 saturated carbocycles. The second kappa shape index (κ2) is 10.8. The van der Waals surface area contributed by atoms with E-state index < -0.39 is 23.8 Å². The molecule has 9 heteroatoms. The summed E-state index contributed by atoms with van der Waals surface area (Å²) in [7, 11) is 0. The molecule has 4 N–H and O–H groups in total. The normalized spacial score (nSPS) is 36.6. The Morgan fingerprint density at radius 1 is 1.08 bits per heavy atom. The number of aliphatic hydroxyl groups is 1. The molecular weight excluding hydrogens is 474 g/mol. The fourth-order valence-electron chi connectivity index (χ4n) is 7.76. The van der Waals surface area contributed by atoms with Gasteiger partial charge in [0.05, 0.1) is 18.4 Å². The Morgan fingerprint density at radius 2 is 1.84 bits per heavy atom. The number of carboxylic acids is 1. The van der Waals surface area contributed by atoms with Crippen molar-refractivity contribution < 1.29 is 29.4 Å². The summed E-state index contributed by atoms with van der Waals surface area (Å²) in [6.45, 7) is 7.49. The van der Waals surface area contributed by atoms with Gasteiger partial charge in [-0.15, -0.1) is 0 Å². The molecule has 0 aromatic heterocycles. The van der Waals surface area contributed by atoms with Crippen molar-refractivity contribution >= 4 is 23.5 Å². The summed E-state index contributed by atoms with van der Waals surface area (Å²) in [6, 6.07) is -1.00. The number of aliphatic carboxylic acids is 1. The smallest absolute Gasteiger partial charge is 0.326 e. The first-order valence-corrected chi connectivity index (χ1v) is 13.8. The molecule has 0 saturated heterocycles. The highest BCUT2D eigenvalue weighted by Crippen LogP contribution is 2.65. The Balaban J connectivity index is 1.28. The van der Waals surface area contributed by atoms with Gasteiger partial charge in [-0.05, 0) is 91.9 Å². The van der Waals surface area contributed by atoms with Crippen LogP contribution in [-0.2, 0) is 19.2 Å². The molecule has 0 unspecified atom stereocenters. The largest absolute Gasteiger partial charge is 0.480 e. The van der Waals surface area contributed by atoms with E-state index in [0.29, 0.717) is 17.8 Å². The minimum atomic E-state index is -1.11. The molecule has 206 valence electrons. The van der Waals surface area contributed by atoms with E-state index in [1.54, 1.807) is 13.8 Å². The standard InChI is InChI=1S/C28H43N3O6/c1-16(2)25(26(35)36)30-23(33)14-29-24(34)15-37-31-18-9-11-27(3)17(13-18)5-6-19-20-7-8-22(32)28(20,4)12-10-21(19)27/h13,16,19-22,25,32H,5-12,14-15H2,1-4H3,(H,29,34)(H,30,33)(H,35,36)/b31-18-/t19-,20+,21+,22+,25+,27-,28-/m0/s1. The molecule has 9 nitrogen and oxygen atoms in total. The number of carbonyl (C=O) groups excluding carboxylic acids is 2. The van der Waals surface area contributed by atoms with Crippen LogP contribution in [0.1, 0.15) is 79.1 Å². The number of nitrogens with one attached hydrogen (secondary N) is 2. The molecular formula is C28H43N3O6. The van der Waals surface area contributed by atoms with E-state index in [1.165, 1.54) is 12.0 Å². The third kappa shape index (κ3) is 5.42. The number of hydrogen-bond acceptors (Lipinski definition) is 6. The van der Waals surface area contributed by atoms with Gasteiger partial charge in [0, 0.05) is 0 Å². The van der Waals surface area contributed by atoms with Crippen LogP contribution in [0.5, 0.6) is 0 Å². The lowest BCUT2D eigenvalue weighted by Crippen LogP contribution is -2.51. The summed E-state index contributed by atoms with van der Waals surface area (Å²) >= 11 is 0. The van der Waals surface area contributed by atoms with Gasteiger partial charge in [-0.25, -0.2) is 4.79 Å². The van der Waals surface area contributed by atoms with Crippen molar-refractivity contribution in [1.29, 1.82) is 0 Å². The van der Waals surface area contributed by atoms with E-state index in [2.05, 4.69) is 35.7 Å². The number of amides is 2. The molecule has 0 heterocycles. The van der Waals surface area contributed by atoms with Crippen molar-refractivity contribution in [3.8, 4) is 0 Å².